The summed E-state index contributed by atoms with van der Waals surface area (Å²) in [4.78, 5) is 6.31. The molecule has 0 atom stereocenters. The van der Waals surface area contributed by atoms with Crippen LogP contribution in [-0.2, 0) is 6.54 Å². The Morgan fingerprint density at radius 2 is 2.25 bits per heavy atom. The van der Waals surface area contributed by atoms with E-state index in [1.165, 1.54) is 0 Å². The van der Waals surface area contributed by atoms with E-state index in [1.54, 1.807) is 12.3 Å². The van der Waals surface area contributed by atoms with Gasteiger partial charge in [0.15, 0.2) is 0 Å². The third-order valence-electron chi connectivity index (χ3n) is 2.80. The van der Waals surface area contributed by atoms with Gasteiger partial charge in [0.1, 0.15) is 0 Å². The van der Waals surface area contributed by atoms with Crippen molar-refractivity contribution in [2.75, 3.05) is 19.1 Å². The van der Waals surface area contributed by atoms with Crippen LogP contribution in [0.2, 0.25) is 0 Å². The standard InChI is InChI=1S/C11H20N4O/c1-11(2,8-16)15(3)7-10-6-9(14-12)4-5-13-10/h4-6,16H,7-8,12H2,1-3H3,(H,13,14). The lowest BCUT2D eigenvalue weighted by Crippen LogP contribution is -2.43. The van der Waals surface area contributed by atoms with Gasteiger partial charge in [0.25, 0.3) is 0 Å². The molecule has 16 heavy (non-hydrogen) atoms. The largest absolute Gasteiger partial charge is 0.394 e. The second kappa shape index (κ2) is 5.25. The fourth-order valence-corrected chi connectivity index (χ4v) is 1.23. The SMILES string of the molecule is CN(Cc1cc(NN)ccn1)C(C)(C)CO. The van der Waals surface area contributed by atoms with Crippen molar-refractivity contribution in [1.29, 1.82) is 0 Å². The molecule has 1 rings (SSSR count). The van der Waals surface area contributed by atoms with Gasteiger partial charge >= 0.3 is 0 Å². The van der Waals surface area contributed by atoms with E-state index in [-0.39, 0.29) is 12.1 Å². The van der Waals surface area contributed by atoms with Crippen molar-refractivity contribution in [2.45, 2.75) is 25.9 Å². The van der Waals surface area contributed by atoms with Gasteiger partial charge in [0.2, 0.25) is 0 Å². The summed E-state index contributed by atoms with van der Waals surface area (Å²) in [5, 5.41) is 9.25. The molecule has 0 bridgehead atoms. The van der Waals surface area contributed by atoms with Crippen LogP contribution in [0.3, 0.4) is 0 Å². The van der Waals surface area contributed by atoms with Crippen LogP contribution in [0, 0.1) is 0 Å². The van der Waals surface area contributed by atoms with Crippen LogP contribution in [0.15, 0.2) is 18.3 Å². The highest BCUT2D eigenvalue weighted by Crippen LogP contribution is 2.15. The summed E-state index contributed by atoms with van der Waals surface area (Å²) in [7, 11) is 1.96. The number of hydrogen-bond acceptors (Lipinski definition) is 5. The molecule has 0 radical (unpaired) electrons. The Morgan fingerprint density at radius 1 is 1.56 bits per heavy atom. The molecule has 5 nitrogen and oxygen atoms in total. The number of nitrogen functional groups attached to an aromatic ring is 1. The molecule has 0 spiro atoms. The Balaban J connectivity index is 2.72. The second-order valence-electron chi connectivity index (χ2n) is 4.51. The van der Waals surface area contributed by atoms with Crippen molar-refractivity contribution < 1.29 is 5.11 Å². The minimum atomic E-state index is -0.256. The number of likely N-dealkylation sites (N-methyl/N-ethyl adjacent to an activating group) is 1. The highest BCUT2D eigenvalue weighted by atomic mass is 16.3. The molecule has 1 heterocycles. The second-order valence-corrected chi connectivity index (χ2v) is 4.51. The molecule has 0 unspecified atom stereocenters. The normalized spacial score (nSPS) is 11.9. The van der Waals surface area contributed by atoms with Crippen LogP contribution in [0.1, 0.15) is 19.5 Å². The maximum absolute atomic E-state index is 9.25. The van der Waals surface area contributed by atoms with E-state index >= 15 is 0 Å². The van der Waals surface area contributed by atoms with Gasteiger partial charge < -0.3 is 10.5 Å². The monoisotopic (exact) mass is 224 g/mol. The molecule has 4 N–H and O–H groups in total. The maximum Gasteiger partial charge on any atom is 0.0610 e. The minimum Gasteiger partial charge on any atom is -0.394 e. The number of aliphatic hydroxyl groups is 1. The zero-order valence-corrected chi connectivity index (χ0v) is 10.1. The summed E-state index contributed by atoms with van der Waals surface area (Å²) in [5.41, 5.74) is 4.08. The van der Waals surface area contributed by atoms with Crippen molar-refractivity contribution in [1.82, 2.24) is 9.88 Å². The molecule has 0 saturated heterocycles. The first-order valence-corrected chi connectivity index (χ1v) is 5.23. The summed E-state index contributed by atoms with van der Waals surface area (Å²) in [6.07, 6.45) is 1.71. The third-order valence-corrected chi connectivity index (χ3v) is 2.80. The number of anilines is 1. The predicted octanol–water partition coefficient (Wildman–Crippen LogP) is 0.570. The van der Waals surface area contributed by atoms with Crippen molar-refractivity contribution >= 4 is 5.69 Å². The molecule has 0 aliphatic heterocycles. The summed E-state index contributed by atoms with van der Waals surface area (Å²) in [5.74, 6) is 5.33. The first kappa shape index (κ1) is 12.9. The molecular weight excluding hydrogens is 204 g/mol. The number of hydrogen-bond donors (Lipinski definition) is 3. The van der Waals surface area contributed by atoms with Gasteiger partial charge in [0, 0.05) is 18.3 Å². The number of nitrogens with zero attached hydrogens (tertiary/aromatic N) is 2. The first-order chi connectivity index (χ1) is 7.49. The zero-order chi connectivity index (χ0) is 12.2. The van der Waals surface area contributed by atoms with Crippen LogP contribution in [0.25, 0.3) is 0 Å². The Hall–Kier alpha value is -1.17. The lowest BCUT2D eigenvalue weighted by atomic mass is 10.1. The number of hydrazine groups is 1. The van der Waals surface area contributed by atoms with E-state index in [9.17, 15) is 5.11 Å². The highest BCUT2D eigenvalue weighted by Gasteiger charge is 2.22. The Labute approximate surface area is 96.3 Å². The number of pyridine rings is 1. The van der Waals surface area contributed by atoms with E-state index in [2.05, 4.69) is 15.3 Å². The lowest BCUT2D eigenvalue weighted by Gasteiger charge is -2.33. The molecule has 0 amide bonds. The quantitative estimate of drug-likeness (QED) is 0.503. The smallest absolute Gasteiger partial charge is 0.0610 e. The molecule has 0 saturated carbocycles. The fraction of sp³-hybridized carbons (Fsp3) is 0.545. The van der Waals surface area contributed by atoms with Crippen molar-refractivity contribution in [2.24, 2.45) is 5.84 Å². The van der Waals surface area contributed by atoms with E-state index in [1.807, 2.05) is 27.0 Å². The molecule has 90 valence electrons. The average Bonchev–Trinajstić information content (AvgIpc) is 2.29. The molecule has 0 fully saturated rings. The van der Waals surface area contributed by atoms with Gasteiger partial charge in [-0.15, -0.1) is 0 Å². The summed E-state index contributed by atoms with van der Waals surface area (Å²) < 4.78 is 0. The van der Waals surface area contributed by atoms with Gasteiger partial charge in [-0.3, -0.25) is 15.7 Å². The number of aromatic nitrogens is 1. The summed E-state index contributed by atoms with van der Waals surface area (Å²) in [6.45, 7) is 4.75. The molecular formula is C11H20N4O. The average molecular weight is 224 g/mol. The van der Waals surface area contributed by atoms with Crippen LogP contribution in [0.5, 0.6) is 0 Å². The predicted molar refractivity (Wildman–Crippen MR) is 64.7 cm³/mol. The minimum absolute atomic E-state index is 0.109. The van der Waals surface area contributed by atoms with Gasteiger partial charge in [0.05, 0.1) is 18.0 Å². The number of nitrogens with two attached hydrogens (primary N) is 1. The fourth-order valence-electron chi connectivity index (χ4n) is 1.23. The van der Waals surface area contributed by atoms with Crippen LogP contribution in [0.4, 0.5) is 5.69 Å². The molecule has 5 heteroatoms. The maximum atomic E-state index is 9.25. The van der Waals surface area contributed by atoms with Gasteiger partial charge in [-0.2, -0.15) is 0 Å². The van der Waals surface area contributed by atoms with Crippen LogP contribution >= 0.6 is 0 Å². The molecule has 0 aliphatic rings. The number of aliphatic hydroxyl groups excluding tert-OH is 1. The molecule has 1 aromatic rings. The first-order valence-electron chi connectivity index (χ1n) is 5.23. The van der Waals surface area contributed by atoms with Gasteiger partial charge in [-0.25, -0.2) is 0 Å². The molecule has 0 aromatic carbocycles. The van der Waals surface area contributed by atoms with Crippen molar-refractivity contribution in [3.63, 3.8) is 0 Å². The summed E-state index contributed by atoms with van der Waals surface area (Å²) >= 11 is 0. The van der Waals surface area contributed by atoms with E-state index in [4.69, 9.17) is 5.84 Å². The van der Waals surface area contributed by atoms with Gasteiger partial charge in [-0.05, 0) is 33.0 Å². The third kappa shape index (κ3) is 3.16. The molecule has 0 aliphatic carbocycles. The van der Waals surface area contributed by atoms with E-state index in [0.717, 1.165) is 11.4 Å². The van der Waals surface area contributed by atoms with Crippen LogP contribution in [-0.4, -0.2) is 34.2 Å². The lowest BCUT2D eigenvalue weighted by molar-refractivity contribution is 0.0725. The van der Waals surface area contributed by atoms with E-state index in [0.29, 0.717) is 6.54 Å². The van der Waals surface area contributed by atoms with Gasteiger partial charge in [-0.1, -0.05) is 0 Å². The Kier molecular flexibility index (Phi) is 4.23. The summed E-state index contributed by atoms with van der Waals surface area (Å²) in [6, 6.07) is 3.70. The van der Waals surface area contributed by atoms with Crippen LogP contribution < -0.4 is 11.3 Å². The molecule has 1 aromatic heterocycles. The number of rotatable bonds is 5. The number of nitrogens with one attached hydrogen (secondary N) is 1. The van der Waals surface area contributed by atoms with Crippen molar-refractivity contribution in [3.05, 3.63) is 24.0 Å². The van der Waals surface area contributed by atoms with E-state index < -0.39 is 0 Å². The zero-order valence-electron chi connectivity index (χ0n) is 10.1. The Morgan fingerprint density at radius 3 is 2.81 bits per heavy atom. The van der Waals surface area contributed by atoms with Crippen molar-refractivity contribution in [3.8, 4) is 0 Å². The highest BCUT2D eigenvalue weighted by molar-refractivity contribution is 5.41. The topological polar surface area (TPSA) is 74.4 Å². The Bertz CT molecular complexity index is 341.